The van der Waals surface area contributed by atoms with Crippen LogP contribution in [0.15, 0.2) is 48.8 Å². The summed E-state index contributed by atoms with van der Waals surface area (Å²) in [6.07, 6.45) is 3.51. The van der Waals surface area contributed by atoms with Gasteiger partial charge in [0.1, 0.15) is 0 Å². The van der Waals surface area contributed by atoms with Crippen molar-refractivity contribution in [3.8, 4) is 11.4 Å². The van der Waals surface area contributed by atoms with Crippen molar-refractivity contribution >= 4 is 29.3 Å². The quantitative estimate of drug-likeness (QED) is 0.519. The fourth-order valence-corrected chi connectivity index (χ4v) is 5.02. The van der Waals surface area contributed by atoms with E-state index in [1.807, 2.05) is 24.3 Å². The SMILES string of the molecule is CN1CC2CN(c3nc(-c4ccc(NC(=O)Nc5ccncc5)cc4)nc(N4CCOCC4)n3)CC(C1)O2. The number of aromatic nitrogens is 4. The van der Waals surface area contributed by atoms with E-state index in [0.29, 0.717) is 42.3 Å². The van der Waals surface area contributed by atoms with Crippen LogP contribution in [0.3, 0.4) is 0 Å². The Bertz CT molecular complexity index is 1240. The number of morpholine rings is 3. The van der Waals surface area contributed by atoms with E-state index >= 15 is 0 Å². The molecule has 0 aliphatic carbocycles. The van der Waals surface area contributed by atoms with Gasteiger partial charge in [-0.25, -0.2) is 4.79 Å². The van der Waals surface area contributed by atoms with E-state index in [2.05, 4.69) is 37.4 Å². The Hall–Kier alpha value is -3.87. The Morgan fingerprint density at radius 3 is 2.08 bits per heavy atom. The maximum absolute atomic E-state index is 12.4. The molecule has 198 valence electrons. The summed E-state index contributed by atoms with van der Waals surface area (Å²) < 4.78 is 11.7. The predicted molar refractivity (Wildman–Crippen MR) is 144 cm³/mol. The number of amides is 2. The number of nitrogens with one attached hydrogen (secondary N) is 2. The minimum absolute atomic E-state index is 0.128. The molecule has 12 nitrogen and oxygen atoms in total. The summed E-state index contributed by atoms with van der Waals surface area (Å²) in [6.45, 7) is 6.02. The number of nitrogens with zero attached hydrogens (tertiary/aromatic N) is 7. The first-order valence-corrected chi connectivity index (χ1v) is 12.9. The van der Waals surface area contributed by atoms with Crippen molar-refractivity contribution in [1.82, 2.24) is 24.8 Å². The lowest BCUT2D eigenvalue weighted by molar-refractivity contribution is -0.0878. The zero-order chi connectivity index (χ0) is 25.9. The van der Waals surface area contributed by atoms with E-state index in [1.165, 1.54) is 0 Å². The van der Waals surface area contributed by atoms with Crippen LogP contribution in [0.25, 0.3) is 11.4 Å². The van der Waals surface area contributed by atoms with E-state index < -0.39 is 0 Å². The fourth-order valence-electron chi connectivity index (χ4n) is 5.02. The third-order valence-electron chi connectivity index (χ3n) is 6.79. The first-order valence-electron chi connectivity index (χ1n) is 12.9. The summed E-state index contributed by atoms with van der Waals surface area (Å²) in [4.78, 5) is 37.6. The van der Waals surface area contributed by atoms with Crippen LogP contribution in [0.4, 0.5) is 28.1 Å². The molecule has 2 bridgehead atoms. The molecule has 0 saturated carbocycles. The molecule has 3 aliphatic heterocycles. The molecular weight excluding hydrogens is 486 g/mol. The fraction of sp³-hybridized carbons (Fsp3) is 0.423. The number of fused-ring (bicyclic) bond motifs is 2. The van der Waals surface area contributed by atoms with Gasteiger partial charge in [0.15, 0.2) is 5.82 Å². The Labute approximate surface area is 221 Å². The van der Waals surface area contributed by atoms with Gasteiger partial charge >= 0.3 is 6.03 Å². The standard InChI is InChI=1S/C26H31N9O3/c1-33-14-21-16-35(17-22(15-33)38-21)25-31-23(30-24(32-25)34-10-12-37-13-11-34)18-2-4-19(5-3-18)28-26(36)29-20-6-8-27-9-7-20/h2-9,21-22H,10-17H2,1H3,(H2,27,28,29,36). The van der Waals surface area contributed by atoms with Crippen molar-refractivity contribution in [2.75, 3.05) is 80.0 Å². The van der Waals surface area contributed by atoms with Crippen LogP contribution in [0.5, 0.6) is 0 Å². The van der Waals surface area contributed by atoms with Gasteiger partial charge in [-0.2, -0.15) is 15.0 Å². The molecule has 2 atom stereocenters. The number of hydrogen-bond donors (Lipinski definition) is 2. The number of urea groups is 1. The van der Waals surface area contributed by atoms with E-state index in [4.69, 9.17) is 24.4 Å². The number of anilines is 4. The molecule has 6 rings (SSSR count). The maximum atomic E-state index is 12.4. The third kappa shape index (κ3) is 5.67. The topological polar surface area (TPSA) is 121 Å². The molecule has 2 aromatic heterocycles. The highest BCUT2D eigenvalue weighted by Gasteiger charge is 2.35. The van der Waals surface area contributed by atoms with Gasteiger partial charge in [-0.15, -0.1) is 0 Å². The molecule has 0 spiro atoms. The van der Waals surface area contributed by atoms with Crippen molar-refractivity contribution in [3.05, 3.63) is 48.8 Å². The van der Waals surface area contributed by atoms with Crippen LogP contribution in [0.1, 0.15) is 0 Å². The summed E-state index contributed by atoms with van der Waals surface area (Å²) in [7, 11) is 2.14. The van der Waals surface area contributed by atoms with Gasteiger partial charge in [0, 0.05) is 68.6 Å². The normalized spacial score (nSPS) is 21.7. The van der Waals surface area contributed by atoms with Crippen LogP contribution in [0.2, 0.25) is 0 Å². The van der Waals surface area contributed by atoms with Crippen LogP contribution in [-0.2, 0) is 9.47 Å². The summed E-state index contributed by atoms with van der Waals surface area (Å²) in [6, 6.07) is 10.6. The van der Waals surface area contributed by atoms with Crippen LogP contribution < -0.4 is 20.4 Å². The molecule has 2 amide bonds. The van der Waals surface area contributed by atoms with Gasteiger partial charge in [0.05, 0.1) is 25.4 Å². The Morgan fingerprint density at radius 1 is 0.816 bits per heavy atom. The summed E-state index contributed by atoms with van der Waals surface area (Å²) in [5.41, 5.74) is 2.17. The van der Waals surface area contributed by atoms with Crippen LogP contribution >= 0.6 is 0 Å². The first kappa shape index (κ1) is 24.5. The molecule has 2 N–H and O–H groups in total. The molecule has 3 aromatic rings. The highest BCUT2D eigenvalue weighted by molar-refractivity contribution is 5.99. The van der Waals surface area contributed by atoms with Gasteiger partial charge in [-0.05, 0) is 43.4 Å². The Kier molecular flexibility index (Phi) is 6.99. The molecular formula is C26H31N9O3. The molecule has 12 heteroatoms. The van der Waals surface area contributed by atoms with Gasteiger partial charge < -0.3 is 34.8 Å². The molecule has 5 heterocycles. The van der Waals surface area contributed by atoms with E-state index in [-0.39, 0.29) is 18.2 Å². The number of rotatable bonds is 5. The number of likely N-dealkylation sites (N-methyl/N-ethyl adjacent to an activating group) is 1. The van der Waals surface area contributed by atoms with Crippen molar-refractivity contribution < 1.29 is 14.3 Å². The lowest BCUT2D eigenvalue weighted by Gasteiger charge is -2.44. The van der Waals surface area contributed by atoms with Crippen LogP contribution in [-0.4, -0.2) is 103 Å². The molecule has 1 aromatic carbocycles. The van der Waals surface area contributed by atoms with E-state index in [1.54, 1.807) is 24.5 Å². The molecule has 2 unspecified atom stereocenters. The molecule has 38 heavy (non-hydrogen) atoms. The molecule has 3 aliphatic rings. The van der Waals surface area contributed by atoms with Crippen molar-refractivity contribution in [2.24, 2.45) is 0 Å². The third-order valence-corrected chi connectivity index (χ3v) is 6.79. The Balaban J connectivity index is 1.23. The second-order valence-corrected chi connectivity index (χ2v) is 9.76. The zero-order valence-electron chi connectivity index (χ0n) is 21.3. The second kappa shape index (κ2) is 10.9. The number of ether oxygens (including phenoxy) is 2. The zero-order valence-corrected chi connectivity index (χ0v) is 21.3. The van der Waals surface area contributed by atoms with E-state index in [9.17, 15) is 4.79 Å². The number of pyridine rings is 1. The molecule has 0 radical (unpaired) electrons. The van der Waals surface area contributed by atoms with Gasteiger partial charge in [-0.3, -0.25) is 4.98 Å². The number of carbonyl (C=O) groups is 1. The minimum Gasteiger partial charge on any atom is -0.378 e. The smallest absolute Gasteiger partial charge is 0.323 e. The lowest BCUT2D eigenvalue weighted by Crippen LogP contribution is -2.59. The molecule has 3 fully saturated rings. The Morgan fingerprint density at radius 2 is 1.42 bits per heavy atom. The average molecular weight is 518 g/mol. The number of carbonyl (C=O) groups excluding carboxylic acids is 1. The molecule has 3 saturated heterocycles. The number of hydrogen-bond acceptors (Lipinski definition) is 10. The minimum atomic E-state index is -0.329. The monoisotopic (exact) mass is 517 g/mol. The highest BCUT2D eigenvalue weighted by atomic mass is 16.5. The maximum Gasteiger partial charge on any atom is 0.323 e. The highest BCUT2D eigenvalue weighted by Crippen LogP contribution is 2.27. The van der Waals surface area contributed by atoms with E-state index in [0.717, 1.165) is 44.8 Å². The summed E-state index contributed by atoms with van der Waals surface area (Å²) in [5.74, 6) is 1.91. The average Bonchev–Trinajstić information content (AvgIpc) is 2.93. The second-order valence-electron chi connectivity index (χ2n) is 9.76. The van der Waals surface area contributed by atoms with Crippen molar-refractivity contribution in [1.29, 1.82) is 0 Å². The van der Waals surface area contributed by atoms with Gasteiger partial charge in [0.25, 0.3) is 0 Å². The summed E-state index contributed by atoms with van der Waals surface area (Å²) in [5, 5.41) is 5.64. The number of benzene rings is 1. The first-order chi connectivity index (χ1) is 18.6. The summed E-state index contributed by atoms with van der Waals surface area (Å²) >= 11 is 0. The van der Waals surface area contributed by atoms with Gasteiger partial charge in [0.2, 0.25) is 11.9 Å². The van der Waals surface area contributed by atoms with Crippen LogP contribution in [0, 0.1) is 0 Å². The largest absolute Gasteiger partial charge is 0.378 e. The van der Waals surface area contributed by atoms with Crippen molar-refractivity contribution in [2.45, 2.75) is 12.2 Å². The predicted octanol–water partition coefficient (Wildman–Crippen LogP) is 1.93. The van der Waals surface area contributed by atoms with Gasteiger partial charge in [-0.1, -0.05) is 0 Å². The van der Waals surface area contributed by atoms with Crippen molar-refractivity contribution in [3.63, 3.8) is 0 Å². The lowest BCUT2D eigenvalue weighted by atomic mass is 10.1.